The van der Waals surface area contributed by atoms with Gasteiger partial charge in [0.05, 0.1) is 0 Å². The molecule has 0 saturated carbocycles. The minimum atomic E-state index is 0.179. The molecule has 0 aliphatic heterocycles. The first-order chi connectivity index (χ1) is 10.7. The highest BCUT2D eigenvalue weighted by atomic mass is 16.1. The molecule has 0 N–H and O–H groups in total. The minimum Gasteiger partial charge on any atom is -0.339 e. The lowest BCUT2D eigenvalue weighted by Crippen LogP contribution is -2.20. The summed E-state index contributed by atoms with van der Waals surface area (Å²) in [6.07, 6.45) is 1.44. The molecular weight excluding hydrogens is 270 g/mol. The smallest absolute Gasteiger partial charge is 0.165 e. The van der Waals surface area contributed by atoms with Gasteiger partial charge >= 0.3 is 0 Å². The number of hydrogen-bond donors (Lipinski definition) is 0. The zero-order chi connectivity index (χ0) is 15.1. The average Bonchev–Trinajstić information content (AvgIpc) is 2.83. The topological polar surface area (TPSA) is 22.0 Å². The molecule has 0 fully saturated rings. The van der Waals surface area contributed by atoms with Gasteiger partial charge < -0.3 is 4.57 Å². The van der Waals surface area contributed by atoms with E-state index in [-0.39, 0.29) is 11.7 Å². The van der Waals surface area contributed by atoms with Gasteiger partial charge in [0.2, 0.25) is 0 Å². The lowest BCUT2D eigenvalue weighted by atomic mass is 9.87. The number of Topliss-reactive ketones (excluding diaryl/α,β-unsaturated/α-hetero) is 1. The van der Waals surface area contributed by atoms with Crippen molar-refractivity contribution in [3.63, 3.8) is 0 Å². The molecule has 0 amide bonds. The molecule has 1 heterocycles. The molecule has 22 heavy (non-hydrogen) atoms. The number of para-hydroxylation sites is 1. The van der Waals surface area contributed by atoms with Gasteiger partial charge in [0.15, 0.2) is 5.78 Å². The van der Waals surface area contributed by atoms with Gasteiger partial charge in [-0.15, -0.1) is 0 Å². The molecular formula is C20H18NO. The maximum Gasteiger partial charge on any atom is 0.165 e. The van der Waals surface area contributed by atoms with Crippen molar-refractivity contribution in [2.75, 3.05) is 0 Å². The molecule has 1 aliphatic carbocycles. The number of rotatable bonds is 2. The fourth-order valence-electron chi connectivity index (χ4n) is 3.54. The monoisotopic (exact) mass is 288 g/mol. The Bertz CT molecular complexity index is 845. The molecule has 1 aromatic heterocycles. The number of fused-ring (bicyclic) bond motifs is 3. The van der Waals surface area contributed by atoms with Crippen molar-refractivity contribution in [3.05, 3.63) is 78.3 Å². The maximum absolute atomic E-state index is 12.5. The summed E-state index contributed by atoms with van der Waals surface area (Å²) in [5, 5.41) is 1.09. The van der Waals surface area contributed by atoms with E-state index in [9.17, 15) is 4.79 Å². The quantitative estimate of drug-likeness (QED) is 0.690. The Kier molecular flexibility index (Phi) is 3.11. The van der Waals surface area contributed by atoms with Crippen LogP contribution in [0.1, 0.15) is 28.0 Å². The van der Waals surface area contributed by atoms with Crippen molar-refractivity contribution < 1.29 is 4.79 Å². The van der Waals surface area contributed by atoms with Crippen LogP contribution in [0.3, 0.4) is 0 Å². The van der Waals surface area contributed by atoms with Crippen molar-refractivity contribution in [2.45, 2.75) is 19.4 Å². The molecule has 0 bridgehead atoms. The summed E-state index contributed by atoms with van der Waals surface area (Å²) in [5.41, 5.74) is 4.48. The highest BCUT2D eigenvalue weighted by Crippen LogP contribution is 2.34. The third-order valence-electron chi connectivity index (χ3n) is 4.50. The zero-order valence-electron chi connectivity index (χ0n) is 12.5. The molecule has 2 aromatic carbocycles. The second-order valence-corrected chi connectivity index (χ2v) is 6.11. The van der Waals surface area contributed by atoms with E-state index in [2.05, 4.69) is 47.9 Å². The first kappa shape index (κ1) is 13.3. The predicted molar refractivity (Wildman–Crippen MR) is 89.0 cm³/mol. The molecule has 1 aliphatic rings. The van der Waals surface area contributed by atoms with Crippen LogP contribution in [0.25, 0.3) is 10.9 Å². The van der Waals surface area contributed by atoms with E-state index in [1.54, 1.807) is 0 Å². The number of carbonyl (C=O) groups excluding carboxylic acids is 1. The molecule has 3 aromatic rings. The normalized spacial score (nSPS) is 17.7. The number of ketones is 1. The Morgan fingerprint density at radius 3 is 2.55 bits per heavy atom. The lowest BCUT2D eigenvalue weighted by Gasteiger charge is -2.20. The highest BCUT2D eigenvalue weighted by molar-refractivity contribution is 6.10. The third kappa shape index (κ3) is 2.07. The SMILES string of the molecule is [CH2]C1CC(=O)c2c(n(Cc3ccccc3)c3ccccc23)C1. The number of nitrogens with zero attached hydrogens (tertiary/aromatic N) is 1. The van der Waals surface area contributed by atoms with Crippen molar-refractivity contribution >= 4 is 16.7 Å². The summed E-state index contributed by atoms with van der Waals surface area (Å²) in [5.74, 6) is 0.420. The Morgan fingerprint density at radius 1 is 1.00 bits per heavy atom. The van der Waals surface area contributed by atoms with E-state index in [1.807, 2.05) is 18.2 Å². The zero-order valence-corrected chi connectivity index (χ0v) is 12.5. The number of aromatic nitrogens is 1. The van der Waals surface area contributed by atoms with Gasteiger partial charge in [0.25, 0.3) is 0 Å². The first-order valence-corrected chi connectivity index (χ1v) is 7.74. The van der Waals surface area contributed by atoms with Crippen LogP contribution in [0, 0.1) is 12.8 Å². The summed E-state index contributed by atoms with van der Waals surface area (Å²) in [4.78, 5) is 12.5. The maximum atomic E-state index is 12.5. The van der Waals surface area contributed by atoms with Crippen LogP contribution in [0.15, 0.2) is 54.6 Å². The van der Waals surface area contributed by atoms with Crippen LogP contribution < -0.4 is 0 Å². The Balaban J connectivity index is 1.94. The summed E-state index contributed by atoms with van der Waals surface area (Å²) in [7, 11) is 0. The fraction of sp³-hybridized carbons (Fsp3) is 0.200. The molecule has 0 saturated heterocycles. The molecule has 0 spiro atoms. The van der Waals surface area contributed by atoms with Gasteiger partial charge in [-0.1, -0.05) is 48.5 Å². The van der Waals surface area contributed by atoms with Gasteiger partial charge in [-0.05, 0) is 30.9 Å². The van der Waals surface area contributed by atoms with Crippen LogP contribution in [0.4, 0.5) is 0 Å². The number of carbonyl (C=O) groups is 1. The largest absolute Gasteiger partial charge is 0.339 e. The van der Waals surface area contributed by atoms with Crippen LogP contribution in [-0.2, 0) is 13.0 Å². The number of hydrogen-bond acceptors (Lipinski definition) is 1. The molecule has 2 heteroatoms. The molecule has 109 valence electrons. The average molecular weight is 288 g/mol. The van der Waals surface area contributed by atoms with Crippen molar-refractivity contribution in [1.82, 2.24) is 4.57 Å². The second kappa shape index (κ2) is 5.13. The third-order valence-corrected chi connectivity index (χ3v) is 4.50. The summed E-state index contributed by atoms with van der Waals surface area (Å²) in [6.45, 7) is 4.93. The van der Waals surface area contributed by atoms with Crippen molar-refractivity contribution in [3.8, 4) is 0 Å². The molecule has 2 nitrogen and oxygen atoms in total. The Labute approximate surface area is 130 Å². The van der Waals surface area contributed by atoms with Gasteiger partial charge in [-0.2, -0.15) is 0 Å². The van der Waals surface area contributed by atoms with Crippen LogP contribution in [-0.4, -0.2) is 10.4 Å². The fourth-order valence-corrected chi connectivity index (χ4v) is 3.54. The molecule has 1 atom stereocenters. The van der Waals surface area contributed by atoms with Crippen molar-refractivity contribution in [2.24, 2.45) is 5.92 Å². The van der Waals surface area contributed by atoms with E-state index in [4.69, 9.17) is 0 Å². The highest BCUT2D eigenvalue weighted by Gasteiger charge is 2.28. The van der Waals surface area contributed by atoms with E-state index in [0.29, 0.717) is 6.42 Å². The van der Waals surface area contributed by atoms with E-state index < -0.39 is 0 Å². The Morgan fingerprint density at radius 2 is 1.73 bits per heavy atom. The van der Waals surface area contributed by atoms with Crippen LogP contribution in [0.5, 0.6) is 0 Å². The van der Waals surface area contributed by atoms with E-state index in [0.717, 1.165) is 35.1 Å². The van der Waals surface area contributed by atoms with Gasteiger partial charge in [0.1, 0.15) is 0 Å². The standard InChI is InChI=1S/C20H18NO/c1-14-11-18-20(19(22)12-14)16-9-5-6-10-17(16)21(18)13-15-7-3-2-4-8-15/h2-10,14H,1,11-13H2. The Hall–Kier alpha value is -2.35. The lowest BCUT2D eigenvalue weighted by molar-refractivity contribution is 0.0959. The number of benzene rings is 2. The predicted octanol–water partition coefficient (Wildman–Crippen LogP) is 4.27. The van der Waals surface area contributed by atoms with Gasteiger partial charge in [0, 0.05) is 35.1 Å². The molecule has 1 radical (unpaired) electrons. The van der Waals surface area contributed by atoms with E-state index >= 15 is 0 Å². The second-order valence-electron chi connectivity index (χ2n) is 6.11. The summed E-state index contributed by atoms with van der Waals surface area (Å²) < 4.78 is 2.30. The molecule has 4 rings (SSSR count). The van der Waals surface area contributed by atoms with Crippen LogP contribution >= 0.6 is 0 Å². The van der Waals surface area contributed by atoms with Crippen molar-refractivity contribution in [1.29, 1.82) is 0 Å². The summed E-state index contributed by atoms with van der Waals surface area (Å²) in [6, 6.07) is 18.6. The van der Waals surface area contributed by atoms with Gasteiger partial charge in [-0.3, -0.25) is 4.79 Å². The van der Waals surface area contributed by atoms with E-state index in [1.165, 1.54) is 5.56 Å². The first-order valence-electron chi connectivity index (χ1n) is 7.74. The minimum absolute atomic E-state index is 0.179. The summed E-state index contributed by atoms with van der Waals surface area (Å²) >= 11 is 0. The van der Waals surface area contributed by atoms with Crippen LogP contribution in [0.2, 0.25) is 0 Å². The van der Waals surface area contributed by atoms with Gasteiger partial charge in [-0.25, -0.2) is 0 Å². The molecule has 1 unspecified atom stereocenters.